The van der Waals surface area contributed by atoms with Crippen LogP contribution in [-0.2, 0) is 16.1 Å². The zero-order valence-corrected chi connectivity index (χ0v) is 11.4. The second-order valence-corrected chi connectivity index (χ2v) is 4.47. The lowest BCUT2D eigenvalue weighted by molar-refractivity contribution is -0.138. The van der Waals surface area contributed by atoms with E-state index in [9.17, 15) is 4.79 Å². The normalized spacial score (nSPS) is 10.0. The maximum atomic E-state index is 11.3. The molecular weight excluding hydrogens is 282 g/mol. The fourth-order valence-electron chi connectivity index (χ4n) is 1.31. The topological polar surface area (TPSA) is 38.3 Å². The summed E-state index contributed by atoms with van der Waals surface area (Å²) in [6.07, 6.45) is 0. The van der Waals surface area contributed by atoms with Gasteiger partial charge in [-0.05, 0) is 24.6 Å². The highest BCUT2D eigenvalue weighted by Gasteiger charge is 2.06. The number of ether oxygens (including phenoxy) is 1. The number of halogens is 1. The second kappa shape index (κ2) is 7.25. The quantitative estimate of drug-likeness (QED) is 0.648. The van der Waals surface area contributed by atoms with Crippen LogP contribution in [0.25, 0.3) is 0 Å². The molecule has 0 unspecified atom stereocenters. The van der Waals surface area contributed by atoms with Gasteiger partial charge in [0.25, 0.3) is 0 Å². The van der Waals surface area contributed by atoms with Crippen molar-refractivity contribution in [3.63, 3.8) is 0 Å². The van der Waals surface area contributed by atoms with Gasteiger partial charge in [0.1, 0.15) is 0 Å². The van der Waals surface area contributed by atoms with Crippen LogP contribution < -0.4 is 5.32 Å². The van der Waals surface area contributed by atoms with Crippen LogP contribution in [0.15, 0.2) is 40.9 Å². The number of hydrogen-bond acceptors (Lipinski definition) is 3. The minimum atomic E-state index is -0.339. The van der Waals surface area contributed by atoms with Gasteiger partial charge in [0.2, 0.25) is 0 Å². The largest absolute Gasteiger partial charge is 0.463 e. The Balaban J connectivity index is 2.33. The van der Waals surface area contributed by atoms with E-state index in [4.69, 9.17) is 4.74 Å². The first-order valence-corrected chi connectivity index (χ1v) is 6.23. The summed E-state index contributed by atoms with van der Waals surface area (Å²) in [7, 11) is 0. The molecule has 0 fully saturated rings. The van der Waals surface area contributed by atoms with Crippen molar-refractivity contribution in [2.24, 2.45) is 0 Å². The van der Waals surface area contributed by atoms with Crippen LogP contribution >= 0.6 is 15.9 Å². The van der Waals surface area contributed by atoms with Crippen LogP contribution in [0.5, 0.6) is 0 Å². The van der Waals surface area contributed by atoms with Crippen LogP contribution in [0.4, 0.5) is 0 Å². The summed E-state index contributed by atoms with van der Waals surface area (Å²) in [6.45, 7) is 6.96. The minimum absolute atomic E-state index is 0.339. The lowest BCUT2D eigenvalue weighted by atomic mass is 10.2. The Morgan fingerprint density at radius 2 is 2.29 bits per heavy atom. The number of nitrogens with one attached hydrogen (secondary N) is 1. The van der Waals surface area contributed by atoms with Gasteiger partial charge in [0, 0.05) is 23.1 Å². The maximum Gasteiger partial charge on any atom is 0.334 e. The molecule has 0 aromatic heterocycles. The summed E-state index contributed by atoms with van der Waals surface area (Å²) in [6, 6.07) is 7.99. The maximum absolute atomic E-state index is 11.3. The zero-order chi connectivity index (χ0) is 12.7. The van der Waals surface area contributed by atoms with Gasteiger partial charge in [-0.25, -0.2) is 4.79 Å². The van der Waals surface area contributed by atoms with Crippen molar-refractivity contribution in [2.45, 2.75) is 13.5 Å². The van der Waals surface area contributed by atoms with Crippen molar-refractivity contribution in [1.29, 1.82) is 0 Å². The van der Waals surface area contributed by atoms with Gasteiger partial charge >= 0.3 is 5.97 Å². The first kappa shape index (κ1) is 13.9. The minimum Gasteiger partial charge on any atom is -0.463 e. The highest BCUT2D eigenvalue weighted by Crippen LogP contribution is 2.11. The lowest BCUT2D eigenvalue weighted by Crippen LogP contribution is -2.21. The summed E-state index contributed by atoms with van der Waals surface area (Å²) in [5.74, 6) is -0.339. The third-order valence-corrected chi connectivity index (χ3v) is 2.61. The Bertz CT molecular complexity index is 404. The van der Waals surface area contributed by atoms with E-state index in [1.54, 1.807) is 6.92 Å². The molecule has 1 N–H and O–H groups in total. The molecule has 0 aliphatic heterocycles. The number of esters is 1. The van der Waals surface area contributed by atoms with E-state index in [2.05, 4.69) is 27.8 Å². The van der Waals surface area contributed by atoms with Crippen LogP contribution in [0.3, 0.4) is 0 Å². The first-order valence-electron chi connectivity index (χ1n) is 5.43. The summed E-state index contributed by atoms with van der Waals surface area (Å²) in [4.78, 5) is 11.3. The van der Waals surface area contributed by atoms with Crippen molar-refractivity contribution in [3.8, 4) is 0 Å². The third-order valence-electron chi connectivity index (χ3n) is 2.12. The summed E-state index contributed by atoms with van der Waals surface area (Å²) < 4.78 is 5.88. The Morgan fingerprint density at radius 1 is 1.53 bits per heavy atom. The van der Waals surface area contributed by atoms with Crippen LogP contribution in [0.1, 0.15) is 12.5 Å². The average Bonchev–Trinajstić information content (AvgIpc) is 2.29. The van der Waals surface area contributed by atoms with E-state index in [0.29, 0.717) is 25.3 Å². The summed E-state index contributed by atoms with van der Waals surface area (Å²) in [5.41, 5.74) is 1.60. The Morgan fingerprint density at radius 3 is 2.94 bits per heavy atom. The second-order valence-electron chi connectivity index (χ2n) is 3.56. The molecule has 0 bridgehead atoms. The van der Waals surface area contributed by atoms with Gasteiger partial charge in [-0.3, -0.25) is 0 Å². The number of carbonyl (C=O) groups is 1. The van der Waals surface area contributed by atoms with E-state index in [-0.39, 0.29) is 5.97 Å². The molecule has 0 radical (unpaired) electrons. The van der Waals surface area contributed by atoms with E-state index >= 15 is 0 Å². The molecule has 0 aliphatic carbocycles. The molecule has 0 saturated carbocycles. The average molecular weight is 298 g/mol. The van der Waals surface area contributed by atoms with E-state index < -0.39 is 0 Å². The predicted octanol–water partition coefficient (Wildman–Crippen LogP) is 2.66. The van der Waals surface area contributed by atoms with Gasteiger partial charge in [-0.2, -0.15) is 0 Å². The smallest absolute Gasteiger partial charge is 0.334 e. The number of hydrogen-bond donors (Lipinski definition) is 1. The van der Waals surface area contributed by atoms with E-state index in [1.165, 1.54) is 0 Å². The van der Waals surface area contributed by atoms with Gasteiger partial charge in [0.15, 0.2) is 0 Å². The monoisotopic (exact) mass is 297 g/mol. The lowest BCUT2D eigenvalue weighted by Gasteiger charge is -2.07. The molecule has 3 nitrogen and oxygen atoms in total. The Kier molecular flexibility index (Phi) is 5.94. The number of benzene rings is 1. The molecule has 1 aromatic carbocycles. The van der Waals surface area contributed by atoms with Crippen molar-refractivity contribution < 1.29 is 9.53 Å². The van der Waals surface area contributed by atoms with E-state index in [0.717, 1.165) is 10.0 Å². The molecule has 1 rings (SSSR count). The molecule has 0 heterocycles. The Labute approximate surface area is 110 Å². The third kappa shape index (κ3) is 5.15. The molecule has 0 saturated heterocycles. The van der Waals surface area contributed by atoms with Crippen LogP contribution in [0.2, 0.25) is 0 Å². The van der Waals surface area contributed by atoms with Gasteiger partial charge in [-0.1, -0.05) is 34.6 Å². The predicted molar refractivity (Wildman–Crippen MR) is 71.6 cm³/mol. The molecule has 92 valence electrons. The van der Waals surface area contributed by atoms with Gasteiger partial charge in [-0.15, -0.1) is 0 Å². The van der Waals surface area contributed by atoms with Crippen LogP contribution in [-0.4, -0.2) is 19.1 Å². The van der Waals surface area contributed by atoms with Gasteiger partial charge < -0.3 is 10.1 Å². The van der Waals surface area contributed by atoms with Gasteiger partial charge in [0.05, 0.1) is 6.61 Å². The highest BCUT2D eigenvalue weighted by molar-refractivity contribution is 9.10. The van der Waals surface area contributed by atoms with Crippen molar-refractivity contribution >= 4 is 21.9 Å². The molecule has 0 aliphatic rings. The standard InChI is InChI=1S/C13H16BrNO2/c1-3-17-13(16)10(2)8-15-9-11-5-4-6-12(14)7-11/h4-7,15H,2-3,8-9H2,1H3. The highest BCUT2D eigenvalue weighted by atomic mass is 79.9. The van der Waals surface area contributed by atoms with Crippen molar-refractivity contribution in [2.75, 3.05) is 13.2 Å². The zero-order valence-electron chi connectivity index (χ0n) is 9.83. The molecule has 0 spiro atoms. The fourth-order valence-corrected chi connectivity index (χ4v) is 1.76. The summed E-state index contributed by atoms with van der Waals surface area (Å²) in [5, 5.41) is 3.15. The molecule has 17 heavy (non-hydrogen) atoms. The molecule has 1 aromatic rings. The number of rotatable bonds is 6. The summed E-state index contributed by atoms with van der Waals surface area (Å²) >= 11 is 3.41. The van der Waals surface area contributed by atoms with E-state index in [1.807, 2.05) is 24.3 Å². The molecule has 4 heteroatoms. The number of carbonyl (C=O) groups excluding carboxylic acids is 1. The molecular formula is C13H16BrNO2. The first-order chi connectivity index (χ1) is 8.13. The molecule has 0 amide bonds. The van der Waals surface area contributed by atoms with Crippen LogP contribution in [0, 0.1) is 0 Å². The van der Waals surface area contributed by atoms with Crippen molar-refractivity contribution in [3.05, 3.63) is 46.5 Å². The molecule has 0 atom stereocenters. The van der Waals surface area contributed by atoms with Crippen molar-refractivity contribution in [1.82, 2.24) is 5.32 Å². The SMILES string of the molecule is C=C(CNCc1cccc(Br)c1)C(=O)OCC. The fraction of sp³-hybridized carbons (Fsp3) is 0.308. The Hall–Kier alpha value is -1.13.